The third kappa shape index (κ3) is 4.34. The van der Waals surface area contributed by atoms with Gasteiger partial charge in [-0.15, -0.1) is 5.10 Å². The molecule has 0 aliphatic heterocycles. The Kier molecular flexibility index (Phi) is 5.06. The van der Waals surface area contributed by atoms with Crippen molar-refractivity contribution in [1.29, 1.82) is 0 Å². The summed E-state index contributed by atoms with van der Waals surface area (Å²) in [7, 11) is 0. The van der Waals surface area contributed by atoms with E-state index >= 15 is 0 Å². The number of hydrogen-bond acceptors (Lipinski definition) is 4. The molecule has 0 aliphatic rings. The summed E-state index contributed by atoms with van der Waals surface area (Å²) >= 11 is 0. The largest absolute Gasteiger partial charge is 0.298 e. The van der Waals surface area contributed by atoms with E-state index in [1.807, 2.05) is 30.3 Å². The van der Waals surface area contributed by atoms with Gasteiger partial charge in [0.25, 0.3) is 0 Å². The number of carbonyl (C=O) groups is 1. The van der Waals surface area contributed by atoms with Crippen LogP contribution in [0.4, 0.5) is 0 Å². The first-order valence-corrected chi connectivity index (χ1v) is 7.63. The molecule has 0 amide bonds. The number of rotatable bonds is 4. The van der Waals surface area contributed by atoms with Crippen LogP contribution in [0.2, 0.25) is 0 Å². The van der Waals surface area contributed by atoms with Crippen molar-refractivity contribution in [3.63, 3.8) is 0 Å². The van der Waals surface area contributed by atoms with E-state index in [2.05, 4.69) is 39.2 Å². The Labute approximate surface area is 140 Å². The number of aromatic nitrogens is 3. The van der Waals surface area contributed by atoms with E-state index in [4.69, 9.17) is 0 Å². The van der Waals surface area contributed by atoms with Crippen LogP contribution in [-0.4, -0.2) is 21.5 Å². The van der Waals surface area contributed by atoms with Gasteiger partial charge < -0.3 is 0 Å². The zero-order valence-corrected chi connectivity index (χ0v) is 13.0. The Morgan fingerprint density at radius 1 is 0.833 bits per heavy atom. The molecule has 0 saturated carbocycles. The van der Waals surface area contributed by atoms with E-state index in [0.717, 1.165) is 24.8 Å². The molecule has 3 rings (SSSR count). The molecule has 116 valence electrons. The number of benzene rings is 1. The number of carbonyl (C=O) groups excluding carboxylic acids is 1. The summed E-state index contributed by atoms with van der Waals surface area (Å²) in [5.74, 6) is 5.84. The maximum absolute atomic E-state index is 10.6. The van der Waals surface area contributed by atoms with Crippen LogP contribution in [-0.2, 0) is 12.8 Å². The van der Waals surface area contributed by atoms with E-state index in [1.54, 1.807) is 12.1 Å². The van der Waals surface area contributed by atoms with Crippen LogP contribution in [0.25, 0.3) is 0 Å². The minimum absolute atomic E-state index is 0.531. The van der Waals surface area contributed by atoms with Crippen molar-refractivity contribution in [2.45, 2.75) is 12.8 Å². The molecule has 0 fully saturated rings. The van der Waals surface area contributed by atoms with Crippen LogP contribution >= 0.6 is 0 Å². The van der Waals surface area contributed by atoms with Gasteiger partial charge in [-0.2, -0.15) is 5.10 Å². The molecule has 0 atom stereocenters. The van der Waals surface area contributed by atoms with Crippen LogP contribution in [0.5, 0.6) is 0 Å². The third-order valence-corrected chi connectivity index (χ3v) is 3.47. The molecule has 24 heavy (non-hydrogen) atoms. The van der Waals surface area contributed by atoms with Crippen molar-refractivity contribution in [2.75, 3.05) is 0 Å². The van der Waals surface area contributed by atoms with E-state index in [9.17, 15) is 4.79 Å². The second kappa shape index (κ2) is 7.80. The first kappa shape index (κ1) is 15.6. The molecule has 0 N–H and O–H groups in total. The molecule has 2 heterocycles. The van der Waals surface area contributed by atoms with E-state index < -0.39 is 0 Å². The first-order valence-electron chi connectivity index (χ1n) is 7.63. The molecule has 0 aliphatic carbocycles. The number of aldehydes is 1. The van der Waals surface area contributed by atoms with Gasteiger partial charge in [-0.25, -0.2) is 4.98 Å². The Morgan fingerprint density at radius 3 is 2.29 bits per heavy atom. The fourth-order valence-electron chi connectivity index (χ4n) is 2.15. The minimum atomic E-state index is 0.531. The lowest BCUT2D eigenvalue weighted by Crippen LogP contribution is -1.97. The molecule has 4 heteroatoms. The van der Waals surface area contributed by atoms with Gasteiger partial charge in [0.05, 0.1) is 5.69 Å². The van der Waals surface area contributed by atoms with Crippen LogP contribution in [0.1, 0.15) is 33.0 Å². The van der Waals surface area contributed by atoms with Crippen LogP contribution in [0, 0.1) is 11.8 Å². The van der Waals surface area contributed by atoms with Crippen molar-refractivity contribution >= 4 is 6.29 Å². The van der Waals surface area contributed by atoms with Crippen molar-refractivity contribution in [2.24, 2.45) is 0 Å². The highest BCUT2D eigenvalue weighted by atomic mass is 16.1. The molecule has 0 unspecified atom stereocenters. The lowest BCUT2D eigenvalue weighted by molar-refractivity contribution is 0.112. The standard InChI is InChI=1S/C20H15N3O/c24-15-17-7-8-18(21-14-17)10-11-20-13-12-19(22-23-20)9-6-16-4-2-1-3-5-16/h1-5,7-8,12-15H,6,9H2. The summed E-state index contributed by atoms with van der Waals surface area (Å²) in [6.07, 6.45) is 4.03. The smallest absolute Gasteiger partial charge is 0.151 e. The number of nitrogens with zero attached hydrogens (tertiary/aromatic N) is 3. The summed E-state index contributed by atoms with van der Waals surface area (Å²) in [6.45, 7) is 0. The second-order valence-electron chi connectivity index (χ2n) is 5.24. The molecule has 0 spiro atoms. The van der Waals surface area contributed by atoms with Gasteiger partial charge in [0.1, 0.15) is 11.4 Å². The van der Waals surface area contributed by atoms with Gasteiger partial charge in [0.2, 0.25) is 0 Å². The predicted octanol–water partition coefficient (Wildman–Crippen LogP) is 2.87. The van der Waals surface area contributed by atoms with Gasteiger partial charge >= 0.3 is 0 Å². The van der Waals surface area contributed by atoms with Gasteiger partial charge in [0, 0.05) is 11.8 Å². The number of pyridine rings is 1. The van der Waals surface area contributed by atoms with E-state index in [1.165, 1.54) is 11.8 Å². The highest BCUT2D eigenvalue weighted by Crippen LogP contribution is 2.05. The Balaban J connectivity index is 1.62. The average Bonchev–Trinajstić information content (AvgIpc) is 2.67. The molecule has 0 bridgehead atoms. The Morgan fingerprint density at radius 2 is 1.62 bits per heavy atom. The highest BCUT2D eigenvalue weighted by molar-refractivity contribution is 5.74. The fraction of sp³-hybridized carbons (Fsp3) is 0.100. The first-order chi connectivity index (χ1) is 11.8. The van der Waals surface area contributed by atoms with Crippen molar-refractivity contribution < 1.29 is 4.79 Å². The zero-order chi connectivity index (χ0) is 16.6. The maximum atomic E-state index is 10.6. The van der Waals surface area contributed by atoms with E-state index in [0.29, 0.717) is 17.0 Å². The van der Waals surface area contributed by atoms with Crippen LogP contribution < -0.4 is 0 Å². The summed E-state index contributed by atoms with van der Waals surface area (Å²) in [6, 6.07) is 17.5. The van der Waals surface area contributed by atoms with Gasteiger partial charge in [-0.3, -0.25) is 4.79 Å². The van der Waals surface area contributed by atoms with Gasteiger partial charge in [-0.1, -0.05) is 30.3 Å². The fourth-order valence-corrected chi connectivity index (χ4v) is 2.15. The normalized spacial score (nSPS) is 9.83. The quantitative estimate of drug-likeness (QED) is 0.549. The molecule has 2 aromatic heterocycles. The van der Waals surface area contributed by atoms with Gasteiger partial charge in [-0.05, 0) is 54.5 Å². The predicted molar refractivity (Wildman–Crippen MR) is 91.5 cm³/mol. The van der Waals surface area contributed by atoms with Crippen molar-refractivity contribution in [3.8, 4) is 11.8 Å². The molecule has 1 aromatic carbocycles. The second-order valence-corrected chi connectivity index (χ2v) is 5.24. The molecule has 0 radical (unpaired) electrons. The lowest BCUT2D eigenvalue weighted by Gasteiger charge is -2.00. The van der Waals surface area contributed by atoms with Crippen molar-refractivity contribution in [1.82, 2.24) is 15.2 Å². The summed E-state index contributed by atoms with van der Waals surface area (Å²) in [5.41, 5.74) is 3.95. The topological polar surface area (TPSA) is 55.7 Å². The number of hydrogen-bond donors (Lipinski definition) is 0. The number of aryl methyl sites for hydroxylation is 2. The molecule has 0 saturated heterocycles. The highest BCUT2D eigenvalue weighted by Gasteiger charge is 1.98. The van der Waals surface area contributed by atoms with Crippen LogP contribution in [0.3, 0.4) is 0 Å². The molecule has 3 aromatic rings. The van der Waals surface area contributed by atoms with Gasteiger partial charge in [0.15, 0.2) is 6.29 Å². The minimum Gasteiger partial charge on any atom is -0.298 e. The lowest BCUT2D eigenvalue weighted by atomic mass is 10.1. The Hall–Kier alpha value is -3.32. The molecular weight excluding hydrogens is 298 g/mol. The summed E-state index contributed by atoms with van der Waals surface area (Å²) in [4.78, 5) is 14.7. The SMILES string of the molecule is O=Cc1ccc(C#Cc2ccc(CCc3ccccc3)nn2)nc1. The summed E-state index contributed by atoms with van der Waals surface area (Å²) < 4.78 is 0. The molecular formula is C20H15N3O. The summed E-state index contributed by atoms with van der Waals surface area (Å²) in [5, 5.41) is 8.35. The van der Waals surface area contributed by atoms with Crippen LogP contribution in [0.15, 0.2) is 60.8 Å². The third-order valence-electron chi connectivity index (χ3n) is 3.47. The van der Waals surface area contributed by atoms with E-state index in [-0.39, 0.29) is 0 Å². The Bertz CT molecular complexity index is 861. The zero-order valence-electron chi connectivity index (χ0n) is 13.0. The van der Waals surface area contributed by atoms with Crippen molar-refractivity contribution in [3.05, 3.63) is 89.0 Å². The monoisotopic (exact) mass is 313 g/mol. The molecule has 4 nitrogen and oxygen atoms in total. The maximum Gasteiger partial charge on any atom is 0.151 e. The average molecular weight is 313 g/mol.